The molecule has 0 nitrogen and oxygen atoms in total. The van der Waals surface area contributed by atoms with Gasteiger partial charge in [0.05, 0.1) is 0 Å². The number of benzene rings is 3. The molecule has 0 unspecified atom stereocenters. The van der Waals surface area contributed by atoms with Gasteiger partial charge in [-0.25, -0.2) is 0 Å². The molecular weight excluding hydrogens is 743 g/mol. The number of rotatable bonds is 8. The van der Waals surface area contributed by atoms with E-state index in [4.69, 9.17) is 0 Å². The van der Waals surface area contributed by atoms with Gasteiger partial charge in [-0.05, 0) is 0 Å². The van der Waals surface area contributed by atoms with Crippen LogP contribution in [0.15, 0.2) is 42.5 Å². The molecule has 0 spiro atoms. The third-order valence-corrected chi connectivity index (χ3v) is 9.41. The Labute approximate surface area is 326 Å². The second kappa shape index (κ2) is 22.9. The molecule has 0 atom stereocenters. The minimum absolute atomic E-state index is 0.120. The fourth-order valence-electron chi connectivity index (χ4n) is 5.50. The van der Waals surface area contributed by atoms with E-state index in [1.165, 1.54) is 81.7 Å². The second-order valence-corrected chi connectivity index (χ2v) is 27.7. The molecule has 0 aliphatic heterocycles. The molecule has 0 saturated carbocycles. The van der Waals surface area contributed by atoms with Crippen LogP contribution < -0.4 is 3.58 Å². The Bertz CT molecular complexity index is 1220. The van der Waals surface area contributed by atoms with Crippen LogP contribution in [-0.2, 0) is 0 Å². The quantitative estimate of drug-likeness (QED) is 0.199. The first-order valence-corrected chi connectivity index (χ1v) is 29.4. The van der Waals surface area contributed by atoms with E-state index in [1.807, 2.05) is 0 Å². The fourth-order valence-corrected chi connectivity index (χ4v) is 6.69. The van der Waals surface area contributed by atoms with Gasteiger partial charge < -0.3 is 0 Å². The summed E-state index contributed by atoms with van der Waals surface area (Å²) in [5.74, 6) is 2.98. The molecule has 0 amide bonds. The van der Waals surface area contributed by atoms with Crippen LogP contribution in [0.25, 0.3) is 22.3 Å². The van der Waals surface area contributed by atoms with E-state index in [0.717, 1.165) is 0 Å². The molecule has 6 radical (unpaired) electrons. The van der Waals surface area contributed by atoms with Crippen molar-refractivity contribution in [2.45, 2.75) is 178 Å². The van der Waals surface area contributed by atoms with E-state index in [0.29, 0.717) is 35.5 Å². The Morgan fingerprint density at radius 1 is 0.388 bits per heavy atom. The summed E-state index contributed by atoms with van der Waals surface area (Å²) >= 11 is 1.49. The van der Waals surface area contributed by atoms with E-state index in [2.05, 4.69) is 184 Å². The molecule has 0 aromatic heterocycles. The Hall–Kier alpha value is -0.891. The summed E-state index contributed by atoms with van der Waals surface area (Å²) in [4.78, 5) is 0. The normalized spacial score (nSPS) is 11.5. The van der Waals surface area contributed by atoms with Gasteiger partial charge in [-0.15, -0.1) is 0 Å². The van der Waals surface area contributed by atoms with E-state index in [1.54, 1.807) is 0 Å². The van der Waals surface area contributed by atoms with E-state index < -0.39 is 0 Å². The van der Waals surface area contributed by atoms with Crippen LogP contribution in [-0.4, -0.2) is 48.9 Å². The van der Waals surface area contributed by atoms with E-state index in [9.17, 15) is 0 Å². The monoisotopic (exact) mass is 820 g/mol. The Kier molecular flexibility index (Phi) is 22.5. The van der Waals surface area contributed by atoms with Crippen molar-refractivity contribution in [2.24, 2.45) is 0 Å². The van der Waals surface area contributed by atoms with Crippen molar-refractivity contribution >= 4 is 52.5 Å². The van der Waals surface area contributed by atoms with Gasteiger partial charge in [0.15, 0.2) is 0 Å². The molecule has 0 aliphatic carbocycles. The molecule has 49 heavy (non-hydrogen) atoms. The van der Waals surface area contributed by atoms with Crippen molar-refractivity contribution in [3.8, 4) is 22.3 Å². The van der Waals surface area contributed by atoms with Crippen LogP contribution in [0, 0.1) is 0 Å². The summed E-state index contributed by atoms with van der Waals surface area (Å²) in [6.45, 7) is 48.6. The van der Waals surface area contributed by atoms with Crippen LogP contribution in [0.4, 0.5) is 0 Å². The summed E-state index contributed by atoms with van der Waals surface area (Å²) in [6, 6.07) is 17.1. The Morgan fingerprint density at radius 2 is 0.592 bits per heavy atom. The van der Waals surface area contributed by atoms with Gasteiger partial charge in [0.1, 0.15) is 0 Å². The molecule has 0 saturated heterocycles. The standard InChI is InChI=1S/C36H49.3C3H9Si.Sn/c1-21(2)29-17-31(23(5)6)35(32(18-29)24(7)8)27-14-13-15-28(16-27)36-33(25(9)10)19-30(22(3)4)20-34(36)26(11)12;3*1-4(2)3;/h13-15,17-26H,1-12H3;3*1-3H3;. The third-order valence-electron chi connectivity index (χ3n) is 7.87. The average Bonchev–Trinajstić information content (AvgIpc) is 2.94. The fraction of sp³-hybridized carbons (Fsp3) is 0.600. The third kappa shape index (κ3) is 16.1. The molecule has 4 heteroatoms. The van der Waals surface area contributed by atoms with Gasteiger partial charge in [0.2, 0.25) is 0 Å². The maximum atomic E-state index is 2.50. The van der Waals surface area contributed by atoms with Crippen LogP contribution >= 0.6 is 0 Å². The molecule has 0 bridgehead atoms. The molecule has 272 valence electrons. The van der Waals surface area contributed by atoms with E-state index in [-0.39, 0.29) is 26.4 Å². The zero-order chi connectivity index (χ0) is 38.5. The topological polar surface area (TPSA) is 0 Å². The minimum atomic E-state index is 0.120. The van der Waals surface area contributed by atoms with Crippen LogP contribution in [0.2, 0.25) is 58.9 Å². The molecule has 3 rings (SSSR count). The molecule has 0 N–H and O–H groups in total. The largest absolute Gasteiger partial charge is 0.0715 e. The van der Waals surface area contributed by atoms with Gasteiger partial charge in [-0.1, -0.05) is 58.9 Å². The summed E-state index contributed by atoms with van der Waals surface area (Å²) in [5, 5.41) is 0. The number of hydrogen-bond donors (Lipinski definition) is 0. The van der Waals surface area contributed by atoms with Crippen molar-refractivity contribution in [1.29, 1.82) is 0 Å². The maximum absolute atomic E-state index is 2.50. The van der Waals surface area contributed by atoms with Gasteiger partial charge in [0, 0.05) is 26.4 Å². The predicted octanol–water partition coefficient (Wildman–Crippen LogP) is 14.7. The molecule has 0 heterocycles. The maximum Gasteiger partial charge on any atom is 0.0379 e. The van der Waals surface area contributed by atoms with E-state index >= 15 is 0 Å². The molecule has 3 aromatic rings. The Morgan fingerprint density at radius 3 is 0.755 bits per heavy atom. The SMILES string of the molecule is CC(C)c1cc(C(C)C)c(-c2cccc(-c3c(C(C)C)cc(C(C)C)cc3C(C)C)[c]2[Sn])c(C(C)C)c1.C[Si](C)C.C[Si](C)C.C[Si](C)C. The summed E-state index contributed by atoms with van der Waals surface area (Å²) in [7, 11) is 0.361. The van der Waals surface area contributed by atoms with Crippen molar-refractivity contribution in [2.75, 3.05) is 0 Å². The van der Waals surface area contributed by atoms with Gasteiger partial charge in [0.25, 0.3) is 0 Å². The van der Waals surface area contributed by atoms with Crippen LogP contribution in [0.5, 0.6) is 0 Å². The molecule has 0 fully saturated rings. The zero-order valence-corrected chi connectivity index (χ0v) is 41.9. The summed E-state index contributed by atoms with van der Waals surface area (Å²) in [5.41, 5.74) is 14.8. The first-order chi connectivity index (χ1) is 22.5. The summed E-state index contributed by atoms with van der Waals surface area (Å²) < 4.78 is 1.50. The molecule has 0 aliphatic rings. The predicted molar refractivity (Wildman–Crippen MR) is 237 cm³/mol. The van der Waals surface area contributed by atoms with Crippen molar-refractivity contribution in [3.63, 3.8) is 0 Å². The van der Waals surface area contributed by atoms with Crippen molar-refractivity contribution < 1.29 is 0 Å². The Balaban J connectivity index is 0.00000166. The minimum Gasteiger partial charge on any atom is -0.0715 e. The van der Waals surface area contributed by atoms with Crippen LogP contribution in [0.3, 0.4) is 0 Å². The van der Waals surface area contributed by atoms with Crippen molar-refractivity contribution in [1.82, 2.24) is 0 Å². The zero-order valence-electron chi connectivity index (χ0n) is 36.0. The number of hydrogen-bond acceptors (Lipinski definition) is 0. The average molecular weight is 820 g/mol. The first kappa shape index (κ1) is 48.1. The molecule has 3 aromatic carbocycles. The van der Waals surface area contributed by atoms with Gasteiger partial charge >= 0.3 is 243 Å². The van der Waals surface area contributed by atoms with Crippen LogP contribution in [0.1, 0.15) is 152 Å². The second-order valence-electron chi connectivity index (χ2n) is 17.3. The first-order valence-electron chi connectivity index (χ1n) is 19.0. The summed E-state index contributed by atoms with van der Waals surface area (Å²) in [6.07, 6.45) is 0. The van der Waals surface area contributed by atoms with Crippen molar-refractivity contribution in [3.05, 3.63) is 75.8 Å². The smallest absolute Gasteiger partial charge is 0.0379 e. The van der Waals surface area contributed by atoms with Gasteiger partial charge in [-0.2, -0.15) is 0 Å². The van der Waals surface area contributed by atoms with Gasteiger partial charge in [-0.3, -0.25) is 0 Å². The molecular formula is C45H76Si3Sn.